The lowest BCUT2D eigenvalue weighted by Gasteiger charge is -2.18. The summed E-state index contributed by atoms with van der Waals surface area (Å²) >= 11 is 0. The van der Waals surface area contributed by atoms with Crippen molar-refractivity contribution < 1.29 is 18.4 Å². The molecule has 1 aromatic rings. The van der Waals surface area contributed by atoms with Gasteiger partial charge in [-0.1, -0.05) is 12.1 Å². The van der Waals surface area contributed by atoms with Gasteiger partial charge in [-0.25, -0.2) is 8.78 Å². The van der Waals surface area contributed by atoms with Crippen molar-refractivity contribution >= 4 is 0 Å². The number of aromatic nitrogens is 2. The molecular weight excluding hydrogens is 220 g/mol. The largest absolute Gasteiger partial charge is 0.395 e. The van der Waals surface area contributed by atoms with Crippen molar-refractivity contribution in [2.45, 2.75) is 26.3 Å². The molecule has 1 N–H and O–H groups in total. The van der Waals surface area contributed by atoms with Crippen molar-refractivity contribution in [3.8, 4) is 0 Å². The topological polar surface area (TPSA) is 62.4 Å². The van der Waals surface area contributed by atoms with Gasteiger partial charge in [-0.15, -0.1) is 0 Å². The Morgan fingerprint density at radius 2 is 2.25 bits per heavy atom. The third-order valence-electron chi connectivity index (χ3n) is 2.00. The van der Waals surface area contributed by atoms with Crippen LogP contribution in [0.25, 0.3) is 0 Å². The Bertz CT molecular complexity index is 307. The van der Waals surface area contributed by atoms with E-state index in [1.807, 2.05) is 6.92 Å². The second-order valence-electron chi connectivity index (χ2n) is 3.31. The monoisotopic (exact) mass is 235 g/mol. The molecule has 0 amide bonds. The molecule has 0 spiro atoms. The predicted octanol–water partition coefficient (Wildman–Crippen LogP) is 0.691. The first-order chi connectivity index (χ1) is 7.65. The zero-order valence-corrected chi connectivity index (χ0v) is 9.07. The maximum atomic E-state index is 12.2. The highest BCUT2D eigenvalue weighted by molar-refractivity contribution is 4.85. The van der Waals surface area contributed by atoms with Gasteiger partial charge in [0, 0.05) is 13.0 Å². The number of aliphatic hydroxyl groups excluding tert-OH is 1. The number of aryl methyl sites for hydroxylation is 1. The van der Waals surface area contributed by atoms with Crippen LogP contribution in [0.3, 0.4) is 0 Å². The molecule has 7 heteroatoms. The van der Waals surface area contributed by atoms with Gasteiger partial charge in [0.05, 0.1) is 19.7 Å². The zero-order chi connectivity index (χ0) is 12.0. The van der Waals surface area contributed by atoms with Crippen molar-refractivity contribution in [3.63, 3.8) is 0 Å². The van der Waals surface area contributed by atoms with Crippen LogP contribution in [0.5, 0.6) is 0 Å². The SMILES string of the molecule is CCc1noc(CN(CCO)CC(F)F)n1. The maximum absolute atomic E-state index is 12.2. The lowest BCUT2D eigenvalue weighted by molar-refractivity contribution is 0.0692. The summed E-state index contributed by atoms with van der Waals surface area (Å²) in [6.45, 7) is 1.58. The van der Waals surface area contributed by atoms with Crippen LogP contribution >= 0.6 is 0 Å². The van der Waals surface area contributed by atoms with Gasteiger partial charge >= 0.3 is 0 Å². The molecule has 0 unspecified atom stereocenters. The van der Waals surface area contributed by atoms with Crippen LogP contribution in [0.4, 0.5) is 8.78 Å². The molecule has 0 bridgehead atoms. The van der Waals surface area contributed by atoms with E-state index in [4.69, 9.17) is 9.63 Å². The molecule has 0 radical (unpaired) electrons. The van der Waals surface area contributed by atoms with E-state index in [0.717, 1.165) is 0 Å². The standard InChI is InChI=1S/C9H15F2N3O2/c1-2-8-12-9(16-13-8)6-14(3-4-15)5-7(10)11/h7,15H,2-6H2,1H3. The van der Waals surface area contributed by atoms with Gasteiger partial charge in [0.2, 0.25) is 5.89 Å². The smallest absolute Gasteiger partial charge is 0.251 e. The van der Waals surface area contributed by atoms with Gasteiger partial charge in [-0.2, -0.15) is 4.98 Å². The Kier molecular flexibility index (Phi) is 5.27. The molecule has 0 saturated heterocycles. The molecule has 0 aromatic carbocycles. The molecule has 1 aromatic heterocycles. The van der Waals surface area contributed by atoms with Crippen LogP contribution in [-0.4, -0.2) is 46.3 Å². The summed E-state index contributed by atoms with van der Waals surface area (Å²) in [4.78, 5) is 5.38. The number of rotatable bonds is 7. The van der Waals surface area contributed by atoms with E-state index in [0.29, 0.717) is 18.1 Å². The first-order valence-corrected chi connectivity index (χ1v) is 5.08. The minimum Gasteiger partial charge on any atom is -0.395 e. The summed E-state index contributed by atoms with van der Waals surface area (Å²) in [5, 5.41) is 12.4. The number of aliphatic hydroxyl groups is 1. The highest BCUT2D eigenvalue weighted by Gasteiger charge is 2.15. The number of halogens is 2. The molecule has 1 rings (SSSR count). The first kappa shape index (κ1) is 13.0. The van der Waals surface area contributed by atoms with Crippen LogP contribution in [0, 0.1) is 0 Å². The maximum Gasteiger partial charge on any atom is 0.251 e. The van der Waals surface area contributed by atoms with Crippen LogP contribution in [0.15, 0.2) is 4.52 Å². The van der Waals surface area contributed by atoms with Crippen LogP contribution in [-0.2, 0) is 13.0 Å². The van der Waals surface area contributed by atoms with Gasteiger partial charge in [0.1, 0.15) is 0 Å². The van der Waals surface area contributed by atoms with Crippen molar-refractivity contribution in [1.82, 2.24) is 15.0 Å². The van der Waals surface area contributed by atoms with Crippen molar-refractivity contribution in [2.24, 2.45) is 0 Å². The normalized spacial score (nSPS) is 11.6. The summed E-state index contributed by atoms with van der Waals surface area (Å²) in [6, 6.07) is 0. The summed E-state index contributed by atoms with van der Waals surface area (Å²) in [5.74, 6) is 0.849. The van der Waals surface area contributed by atoms with Crippen LogP contribution < -0.4 is 0 Å². The van der Waals surface area contributed by atoms with Crippen molar-refractivity contribution in [2.75, 3.05) is 19.7 Å². The third kappa shape index (κ3) is 4.19. The minimum absolute atomic E-state index is 0.137. The van der Waals surface area contributed by atoms with Crippen molar-refractivity contribution in [1.29, 1.82) is 0 Å². The number of hydrogen-bond acceptors (Lipinski definition) is 5. The molecular formula is C9H15F2N3O2. The quantitative estimate of drug-likeness (QED) is 0.753. The Morgan fingerprint density at radius 1 is 1.50 bits per heavy atom. The summed E-state index contributed by atoms with van der Waals surface area (Å²) in [5.41, 5.74) is 0. The average molecular weight is 235 g/mol. The molecule has 0 aliphatic rings. The van der Waals surface area contributed by atoms with E-state index in [-0.39, 0.29) is 19.7 Å². The van der Waals surface area contributed by atoms with Gasteiger partial charge < -0.3 is 9.63 Å². The second kappa shape index (κ2) is 6.49. The second-order valence-corrected chi connectivity index (χ2v) is 3.31. The minimum atomic E-state index is -2.44. The van der Waals surface area contributed by atoms with E-state index >= 15 is 0 Å². The van der Waals surface area contributed by atoms with Gasteiger partial charge in [-0.05, 0) is 0 Å². The summed E-state index contributed by atoms with van der Waals surface area (Å²) < 4.78 is 29.3. The lowest BCUT2D eigenvalue weighted by atomic mass is 10.4. The van der Waals surface area contributed by atoms with Gasteiger partial charge in [0.25, 0.3) is 6.43 Å². The predicted molar refractivity (Wildman–Crippen MR) is 52.0 cm³/mol. The van der Waals surface area contributed by atoms with E-state index in [1.54, 1.807) is 0 Å². The Morgan fingerprint density at radius 3 is 2.75 bits per heavy atom. The zero-order valence-electron chi connectivity index (χ0n) is 9.07. The average Bonchev–Trinajstić information content (AvgIpc) is 2.65. The fourth-order valence-corrected chi connectivity index (χ4v) is 1.26. The number of hydrogen-bond donors (Lipinski definition) is 1. The highest BCUT2D eigenvalue weighted by atomic mass is 19.3. The molecule has 0 fully saturated rings. The van der Waals surface area contributed by atoms with Crippen LogP contribution in [0.2, 0.25) is 0 Å². The van der Waals surface area contributed by atoms with E-state index in [9.17, 15) is 8.78 Å². The van der Waals surface area contributed by atoms with Gasteiger partial charge in [0.15, 0.2) is 5.82 Å². The van der Waals surface area contributed by atoms with Crippen molar-refractivity contribution in [3.05, 3.63) is 11.7 Å². The summed E-state index contributed by atoms with van der Waals surface area (Å²) in [7, 11) is 0. The third-order valence-corrected chi connectivity index (χ3v) is 2.00. The van der Waals surface area contributed by atoms with E-state index in [2.05, 4.69) is 10.1 Å². The fourth-order valence-electron chi connectivity index (χ4n) is 1.26. The van der Waals surface area contributed by atoms with Gasteiger partial charge in [-0.3, -0.25) is 4.90 Å². The molecule has 0 aliphatic carbocycles. The fraction of sp³-hybridized carbons (Fsp3) is 0.778. The molecule has 92 valence electrons. The number of alkyl halides is 2. The molecule has 0 saturated carbocycles. The molecule has 0 atom stereocenters. The summed E-state index contributed by atoms with van der Waals surface area (Å²) in [6.07, 6.45) is -1.81. The van der Waals surface area contributed by atoms with E-state index < -0.39 is 13.0 Å². The molecule has 16 heavy (non-hydrogen) atoms. The molecule has 0 aliphatic heterocycles. The first-order valence-electron chi connectivity index (χ1n) is 5.08. The Hall–Kier alpha value is -1.08. The lowest BCUT2D eigenvalue weighted by Crippen LogP contribution is -2.31. The van der Waals surface area contributed by atoms with Crippen LogP contribution in [0.1, 0.15) is 18.6 Å². The number of nitrogens with zero attached hydrogens (tertiary/aromatic N) is 3. The van der Waals surface area contributed by atoms with E-state index in [1.165, 1.54) is 4.90 Å². The molecule has 1 heterocycles. The molecule has 5 nitrogen and oxygen atoms in total. The Balaban J connectivity index is 2.52. The highest BCUT2D eigenvalue weighted by Crippen LogP contribution is 2.05. The Labute approximate surface area is 92.1 Å².